The first-order chi connectivity index (χ1) is 22.3. The van der Waals surface area contributed by atoms with Crippen LogP contribution in [0.5, 0.6) is 0 Å². The lowest BCUT2D eigenvalue weighted by Crippen LogP contribution is -2.60. The Morgan fingerprint density at radius 2 is 1.74 bits per heavy atom. The third-order valence-electron chi connectivity index (χ3n) is 16.3. The first kappa shape index (κ1) is 32.8. The highest BCUT2D eigenvalue weighted by molar-refractivity contribution is 5.76. The highest BCUT2D eigenvalue weighted by Gasteiger charge is 2.84. The molecule has 6 saturated carbocycles. The average Bonchev–Trinajstić information content (AvgIpc) is 3.96. The van der Waals surface area contributed by atoms with Gasteiger partial charge >= 0.3 is 6.09 Å². The molecule has 264 valence electrons. The Morgan fingerprint density at radius 1 is 1.00 bits per heavy atom. The fourth-order valence-corrected chi connectivity index (χ4v) is 13.8. The molecule has 8 rings (SSSR count). The van der Waals surface area contributed by atoms with Gasteiger partial charge in [0.15, 0.2) is 6.29 Å². The zero-order valence-electron chi connectivity index (χ0n) is 29.7. The van der Waals surface area contributed by atoms with Crippen LogP contribution in [0.1, 0.15) is 105 Å². The van der Waals surface area contributed by atoms with Crippen LogP contribution >= 0.6 is 0 Å². The Labute approximate surface area is 281 Å². The molecule has 3 unspecified atom stereocenters. The first-order valence-electron chi connectivity index (χ1n) is 19.0. The standard InChI is InChI=1S/C38H60N2O7/c1-22-17-24(20-45-33(43)39-6)46-31-30(22)35(4)13-14-38-21-37(38)12-11-27(34(2,3)25(37)9-10-26(38)36(35,5)32(31)42)47-29-19-40(15-16-44-29)28(41)18-23-7-8-23/h22-27,29-32,42H,7-21H2,1-6H3,(H,39,43)/t22-,24?,25+,26?,27+,29+,30+,31?,32+,35-,36-,37-,38+/m1/s1. The summed E-state index contributed by atoms with van der Waals surface area (Å²) >= 11 is 0. The zero-order valence-corrected chi connectivity index (χ0v) is 29.7. The molecule has 0 aromatic rings. The van der Waals surface area contributed by atoms with Crippen LogP contribution in [0.15, 0.2) is 0 Å². The molecule has 2 amide bonds. The molecule has 2 saturated heterocycles. The van der Waals surface area contributed by atoms with Crippen molar-refractivity contribution in [2.24, 2.45) is 56.7 Å². The normalized spacial score (nSPS) is 51.0. The quantitative estimate of drug-likeness (QED) is 0.388. The van der Waals surface area contributed by atoms with Gasteiger partial charge < -0.3 is 34.3 Å². The maximum atomic E-state index is 12.9. The number of rotatable bonds is 6. The van der Waals surface area contributed by atoms with Crippen molar-refractivity contribution in [1.29, 1.82) is 0 Å². The van der Waals surface area contributed by atoms with Gasteiger partial charge in [0.05, 0.1) is 37.6 Å². The molecule has 0 bridgehead atoms. The second-order valence-corrected chi connectivity index (χ2v) is 18.4. The average molecular weight is 657 g/mol. The van der Waals surface area contributed by atoms with Gasteiger partial charge in [-0.15, -0.1) is 0 Å². The monoisotopic (exact) mass is 656 g/mol. The van der Waals surface area contributed by atoms with Crippen molar-refractivity contribution in [3.05, 3.63) is 0 Å². The van der Waals surface area contributed by atoms with Crippen LogP contribution in [0.4, 0.5) is 4.79 Å². The lowest BCUT2D eigenvalue weighted by atomic mass is 9.41. The van der Waals surface area contributed by atoms with E-state index < -0.39 is 12.2 Å². The number of carbonyl (C=O) groups excluding carboxylic acids is 2. The fraction of sp³-hybridized carbons (Fsp3) is 0.947. The molecule has 2 spiro atoms. The number of nitrogens with zero attached hydrogens (tertiary/aromatic N) is 1. The van der Waals surface area contributed by atoms with Gasteiger partial charge in [-0.3, -0.25) is 4.79 Å². The molecule has 2 heterocycles. The van der Waals surface area contributed by atoms with Gasteiger partial charge in [0, 0.05) is 25.4 Å². The van der Waals surface area contributed by atoms with E-state index in [1.54, 1.807) is 7.05 Å². The van der Waals surface area contributed by atoms with E-state index in [1.807, 2.05) is 4.90 Å². The number of carbonyl (C=O) groups is 2. The molecule has 8 fully saturated rings. The van der Waals surface area contributed by atoms with Gasteiger partial charge in [0.1, 0.15) is 6.61 Å². The summed E-state index contributed by atoms with van der Waals surface area (Å²) in [6.07, 6.45) is 10.5. The number of ether oxygens (including phenoxy) is 4. The number of aliphatic hydroxyl groups is 1. The minimum absolute atomic E-state index is 0.00657. The van der Waals surface area contributed by atoms with Gasteiger partial charge in [-0.05, 0) is 115 Å². The molecule has 0 aromatic carbocycles. The highest BCUT2D eigenvalue weighted by Crippen LogP contribution is 2.89. The second-order valence-electron chi connectivity index (χ2n) is 18.4. The predicted molar refractivity (Wildman–Crippen MR) is 175 cm³/mol. The number of hydrogen-bond donors (Lipinski definition) is 2. The topological polar surface area (TPSA) is 107 Å². The first-order valence-corrected chi connectivity index (χ1v) is 19.0. The molecule has 6 aliphatic carbocycles. The molecular weight excluding hydrogens is 596 g/mol. The molecule has 8 aliphatic rings. The maximum Gasteiger partial charge on any atom is 0.406 e. The van der Waals surface area contributed by atoms with Crippen LogP contribution in [0.25, 0.3) is 0 Å². The van der Waals surface area contributed by atoms with Gasteiger partial charge in [0.25, 0.3) is 0 Å². The highest BCUT2D eigenvalue weighted by atomic mass is 16.7. The summed E-state index contributed by atoms with van der Waals surface area (Å²) in [6, 6.07) is 0. The molecule has 9 nitrogen and oxygen atoms in total. The van der Waals surface area contributed by atoms with Crippen LogP contribution in [-0.4, -0.2) is 86.1 Å². The van der Waals surface area contributed by atoms with Gasteiger partial charge in [-0.25, -0.2) is 4.79 Å². The Kier molecular flexibility index (Phi) is 7.70. The van der Waals surface area contributed by atoms with E-state index in [4.69, 9.17) is 18.9 Å². The lowest BCUT2D eigenvalue weighted by Gasteiger charge is -2.64. The van der Waals surface area contributed by atoms with Crippen LogP contribution in [0.3, 0.4) is 0 Å². The third-order valence-corrected chi connectivity index (χ3v) is 16.3. The van der Waals surface area contributed by atoms with E-state index in [-0.39, 0.29) is 58.8 Å². The predicted octanol–water partition coefficient (Wildman–Crippen LogP) is 5.53. The van der Waals surface area contributed by atoms with E-state index in [9.17, 15) is 14.7 Å². The Bertz CT molecular complexity index is 1270. The second kappa shape index (κ2) is 11.0. The third kappa shape index (κ3) is 4.60. The molecule has 2 aliphatic heterocycles. The Balaban J connectivity index is 0.987. The molecule has 9 heteroatoms. The molecule has 47 heavy (non-hydrogen) atoms. The van der Waals surface area contributed by atoms with Crippen molar-refractivity contribution in [3.8, 4) is 0 Å². The van der Waals surface area contributed by atoms with Crippen molar-refractivity contribution >= 4 is 12.0 Å². The van der Waals surface area contributed by atoms with Crippen LogP contribution in [0, 0.1) is 56.7 Å². The summed E-state index contributed by atoms with van der Waals surface area (Å²) < 4.78 is 25.1. The Hall–Kier alpha value is -1.42. The maximum absolute atomic E-state index is 12.9. The van der Waals surface area contributed by atoms with Crippen molar-refractivity contribution in [2.75, 3.05) is 33.4 Å². The van der Waals surface area contributed by atoms with Crippen LogP contribution < -0.4 is 5.32 Å². The minimum atomic E-state index is -0.527. The summed E-state index contributed by atoms with van der Waals surface area (Å²) in [6.45, 7) is 14.1. The summed E-state index contributed by atoms with van der Waals surface area (Å²) in [5, 5.41) is 14.9. The van der Waals surface area contributed by atoms with Crippen LogP contribution in [-0.2, 0) is 23.7 Å². The molecule has 13 atom stereocenters. The number of aliphatic hydroxyl groups excluding tert-OH is 1. The smallest absolute Gasteiger partial charge is 0.406 e. The SMILES string of the molecule is CNC(=O)OCC1C[C@@H](C)[C@H]2C(O1)[C@H](O)[C@@]1(C)C3CC[C@H]4C(C)(C)[C@@H](O[C@H]5CN(C(=O)CC6CC6)CCO5)CC[C@@]45C[C@@]35CC[C@]21C. The van der Waals surface area contributed by atoms with Gasteiger partial charge in [0.2, 0.25) is 5.91 Å². The molecule has 0 radical (unpaired) electrons. The Morgan fingerprint density at radius 3 is 2.49 bits per heavy atom. The number of alkyl carbamates (subject to hydrolysis) is 1. The summed E-state index contributed by atoms with van der Waals surface area (Å²) in [5.74, 6) is 2.61. The largest absolute Gasteiger partial charge is 0.447 e. The molecule has 2 N–H and O–H groups in total. The van der Waals surface area contributed by atoms with E-state index >= 15 is 0 Å². The van der Waals surface area contributed by atoms with E-state index in [0.29, 0.717) is 61.1 Å². The van der Waals surface area contributed by atoms with Crippen LogP contribution in [0.2, 0.25) is 0 Å². The van der Waals surface area contributed by atoms with E-state index in [1.165, 1.54) is 38.5 Å². The van der Waals surface area contributed by atoms with Crippen molar-refractivity contribution in [2.45, 2.75) is 136 Å². The number of fused-ring (bicyclic) bond motifs is 4. The fourth-order valence-electron chi connectivity index (χ4n) is 13.8. The molecule has 0 aromatic heterocycles. The van der Waals surface area contributed by atoms with E-state index in [0.717, 1.165) is 25.7 Å². The summed E-state index contributed by atoms with van der Waals surface area (Å²) in [4.78, 5) is 26.7. The van der Waals surface area contributed by atoms with Crippen molar-refractivity contribution in [3.63, 3.8) is 0 Å². The van der Waals surface area contributed by atoms with Crippen molar-refractivity contribution in [1.82, 2.24) is 10.2 Å². The summed E-state index contributed by atoms with van der Waals surface area (Å²) in [7, 11) is 1.57. The number of nitrogens with one attached hydrogen (secondary N) is 1. The lowest BCUT2D eigenvalue weighted by molar-refractivity contribution is -0.248. The number of morpholine rings is 1. The minimum Gasteiger partial charge on any atom is -0.447 e. The summed E-state index contributed by atoms with van der Waals surface area (Å²) in [5.41, 5.74) is 0.388. The van der Waals surface area contributed by atoms with Crippen molar-refractivity contribution < 1.29 is 33.6 Å². The zero-order chi connectivity index (χ0) is 33.1. The van der Waals surface area contributed by atoms with E-state index in [2.05, 4.69) is 39.9 Å². The number of amides is 2. The van der Waals surface area contributed by atoms with Gasteiger partial charge in [-0.1, -0.05) is 34.6 Å². The number of hydrogen-bond acceptors (Lipinski definition) is 7. The molecular formula is C38H60N2O7. The van der Waals surface area contributed by atoms with Gasteiger partial charge in [-0.2, -0.15) is 0 Å².